The molecule has 1 heterocycles. The van der Waals surface area contributed by atoms with Crippen LogP contribution in [0.15, 0.2) is 42.5 Å². The van der Waals surface area contributed by atoms with Crippen LogP contribution in [0.4, 0.5) is 26.3 Å². The molecule has 2 aromatic rings. The molecule has 1 aliphatic heterocycles. The van der Waals surface area contributed by atoms with E-state index >= 15 is 0 Å². The van der Waals surface area contributed by atoms with Crippen LogP contribution in [0.1, 0.15) is 47.6 Å². The number of alkyl halides is 6. The molecule has 4 rings (SSSR count). The zero-order chi connectivity index (χ0) is 25.6. The fourth-order valence-electron chi connectivity index (χ4n) is 4.95. The van der Waals surface area contributed by atoms with Gasteiger partial charge in [0.05, 0.1) is 29.8 Å². The third kappa shape index (κ3) is 5.72. The van der Waals surface area contributed by atoms with Crippen LogP contribution in [0.5, 0.6) is 5.75 Å². The standard InChI is InChI=1S/C24H23F6NO4/c25-23(26,27)16-4-5-19(24(28,29)30)15(6-16)11-31-12-22(13-31)9-18(10-22)35-17-3-1-2-14(7-17)20(32)8-21(33)34/h1-7,18,20,32H,8-13H2,(H,33,34)/t20-/m1/s1. The highest BCUT2D eigenvalue weighted by molar-refractivity contribution is 5.67. The third-order valence-electron chi connectivity index (χ3n) is 6.48. The van der Waals surface area contributed by atoms with E-state index in [0.29, 0.717) is 55.4 Å². The zero-order valence-corrected chi connectivity index (χ0v) is 18.4. The van der Waals surface area contributed by atoms with Crippen molar-refractivity contribution in [1.29, 1.82) is 0 Å². The minimum Gasteiger partial charge on any atom is -0.490 e. The summed E-state index contributed by atoms with van der Waals surface area (Å²) in [6.45, 7) is 0.686. The first-order valence-electron chi connectivity index (χ1n) is 10.9. The number of halogens is 6. The smallest absolute Gasteiger partial charge is 0.416 e. The van der Waals surface area contributed by atoms with Crippen LogP contribution in [0.25, 0.3) is 0 Å². The number of hydrogen-bond acceptors (Lipinski definition) is 4. The third-order valence-corrected chi connectivity index (χ3v) is 6.48. The highest BCUT2D eigenvalue weighted by Crippen LogP contribution is 2.50. The topological polar surface area (TPSA) is 70.0 Å². The summed E-state index contributed by atoms with van der Waals surface area (Å²) < 4.78 is 84.9. The molecule has 1 saturated carbocycles. The van der Waals surface area contributed by atoms with Gasteiger partial charge in [0.25, 0.3) is 0 Å². The van der Waals surface area contributed by atoms with E-state index in [1.54, 1.807) is 29.2 Å². The molecule has 0 aromatic heterocycles. The monoisotopic (exact) mass is 503 g/mol. The van der Waals surface area contributed by atoms with Crippen molar-refractivity contribution in [2.45, 2.75) is 50.4 Å². The van der Waals surface area contributed by atoms with E-state index in [1.165, 1.54) is 0 Å². The van der Waals surface area contributed by atoms with Gasteiger partial charge in [0.2, 0.25) is 0 Å². The van der Waals surface area contributed by atoms with E-state index in [-0.39, 0.29) is 18.1 Å². The Morgan fingerprint density at radius 1 is 1.06 bits per heavy atom. The van der Waals surface area contributed by atoms with Gasteiger partial charge in [-0.25, -0.2) is 0 Å². The number of benzene rings is 2. The number of aliphatic hydroxyl groups excluding tert-OH is 1. The molecule has 5 nitrogen and oxygen atoms in total. The van der Waals surface area contributed by atoms with Crippen molar-refractivity contribution in [3.8, 4) is 5.75 Å². The van der Waals surface area contributed by atoms with E-state index < -0.39 is 47.5 Å². The molecule has 0 amide bonds. The Kier molecular flexibility index (Phi) is 6.52. The molecular formula is C24H23F6NO4. The molecule has 190 valence electrons. The van der Waals surface area contributed by atoms with Gasteiger partial charge in [-0.3, -0.25) is 9.69 Å². The predicted molar refractivity (Wildman–Crippen MR) is 111 cm³/mol. The maximum absolute atomic E-state index is 13.3. The first-order chi connectivity index (χ1) is 16.2. The number of carboxylic acid groups (broad SMARTS) is 1. The van der Waals surface area contributed by atoms with E-state index in [9.17, 15) is 36.2 Å². The van der Waals surface area contributed by atoms with Gasteiger partial charge < -0.3 is 14.9 Å². The number of aliphatic hydroxyl groups is 1. The quantitative estimate of drug-likeness (QED) is 0.504. The largest absolute Gasteiger partial charge is 0.490 e. The molecule has 2 N–H and O–H groups in total. The SMILES string of the molecule is O=C(O)C[C@@H](O)c1cccc(OC2CC3(C2)CN(Cc2cc(C(F)(F)F)ccc2C(F)(F)F)C3)c1. The molecule has 1 aliphatic carbocycles. The number of hydrogen-bond donors (Lipinski definition) is 2. The highest BCUT2D eigenvalue weighted by Gasteiger charge is 2.53. The van der Waals surface area contributed by atoms with Crippen LogP contribution in [-0.2, 0) is 23.7 Å². The number of aliphatic carboxylic acids is 1. The second-order valence-corrected chi connectivity index (χ2v) is 9.35. The van der Waals surface area contributed by atoms with Gasteiger partial charge in [0.1, 0.15) is 5.75 Å². The zero-order valence-electron chi connectivity index (χ0n) is 18.4. The van der Waals surface area contributed by atoms with E-state index in [4.69, 9.17) is 9.84 Å². The summed E-state index contributed by atoms with van der Waals surface area (Å²) in [5.41, 5.74) is -2.30. The lowest BCUT2D eigenvalue weighted by Gasteiger charge is -2.58. The summed E-state index contributed by atoms with van der Waals surface area (Å²) in [7, 11) is 0. The second-order valence-electron chi connectivity index (χ2n) is 9.35. The van der Waals surface area contributed by atoms with Crippen molar-refractivity contribution >= 4 is 5.97 Å². The number of rotatable bonds is 7. The Morgan fingerprint density at radius 2 is 1.74 bits per heavy atom. The molecule has 11 heteroatoms. The van der Waals surface area contributed by atoms with Crippen LogP contribution in [-0.4, -0.2) is 40.3 Å². The van der Waals surface area contributed by atoms with Crippen molar-refractivity contribution < 1.29 is 46.1 Å². The molecule has 0 unspecified atom stereocenters. The lowest BCUT2D eigenvalue weighted by molar-refractivity contribution is -0.144. The fourth-order valence-corrected chi connectivity index (χ4v) is 4.95. The normalized spacial score (nSPS) is 19.2. The molecule has 2 fully saturated rings. The molecule has 2 aromatic carbocycles. The first-order valence-corrected chi connectivity index (χ1v) is 10.9. The molecule has 35 heavy (non-hydrogen) atoms. The maximum Gasteiger partial charge on any atom is 0.416 e. The van der Waals surface area contributed by atoms with E-state index in [2.05, 4.69) is 0 Å². The lowest BCUT2D eigenvalue weighted by Crippen LogP contribution is -2.64. The summed E-state index contributed by atoms with van der Waals surface area (Å²) in [5, 5.41) is 18.8. The average molecular weight is 503 g/mol. The summed E-state index contributed by atoms with van der Waals surface area (Å²) >= 11 is 0. The van der Waals surface area contributed by atoms with Gasteiger partial charge in [0.15, 0.2) is 0 Å². The van der Waals surface area contributed by atoms with Crippen molar-refractivity contribution in [3.63, 3.8) is 0 Å². The van der Waals surface area contributed by atoms with Crippen LogP contribution in [0.3, 0.4) is 0 Å². The fraction of sp³-hybridized carbons (Fsp3) is 0.458. The van der Waals surface area contributed by atoms with E-state index in [0.717, 1.165) is 0 Å². The number of carbonyl (C=O) groups is 1. The molecule has 0 bridgehead atoms. The van der Waals surface area contributed by atoms with Crippen LogP contribution < -0.4 is 4.74 Å². The highest BCUT2D eigenvalue weighted by atomic mass is 19.4. The summed E-state index contributed by atoms with van der Waals surface area (Å²) in [5.74, 6) is -0.659. The van der Waals surface area contributed by atoms with E-state index in [1.807, 2.05) is 0 Å². The van der Waals surface area contributed by atoms with Gasteiger partial charge in [-0.1, -0.05) is 12.1 Å². The molecule has 2 aliphatic rings. The maximum atomic E-state index is 13.3. The summed E-state index contributed by atoms with van der Waals surface area (Å²) in [4.78, 5) is 12.5. The molecule has 1 saturated heterocycles. The number of likely N-dealkylation sites (tertiary alicyclic amines) is 1. The molecule has 1 spiro atoms. The van der Waals surface area contributed by atoms with Crippen molar-refractivity contribution in [2.75, 3.05) is 13.1 Å². The van der Waals surface area contributed by atoms with Gasteiger partial charge in [-0.15, -0.1) is 0 Å². The molecule has 0 radical (unpaired) electrons. The Balaban J connectivity index is 1.33. The lowest BCUT2D eigenvalue weighted by atomic mass is 9.61. The molecular weight excluding hydrogens is 480 g/mol. The molecule has 1 atom stereocenters. The van der Waals surface area contributed by atoms with Gasteiger partial charge in [-0.05, 0) is 54.3 Å². The van der Waals surface area contributed by atoms with Gasteiger partial charge in [0, 0.05) is 25.0 Å². The first kappa shape index (κ1) is 25.3. The average Bonchev–Trinajstić information content (AvgIpc) is 2.68. The summed E-state index contributed by atoms with van der Waals surface area (Å²) in [6, 6.07) is 8.00. The number of nitrogens with zero attached hydrogens (tertiary/aromatic N) is 1. The van der Waals surface area contributed by atoms with Crippen LogP contribution >= 0.6 is 0 Å². The number of ether oxygens (including phenoxy) is 1. The summed E-state index contributed by atoms with van der Waals surface area (Å²) in [6.07, 6.45) is -9.95. The second kappa shape index (κ2) is 9.02. The van der Waals surface area contributed by atoms with Crippen molar-refractivity contribution in [3.05, 3.63) is 64.7 Å². The van der Waals surface area contributed by atoms with Crippen molar-refractivity contribution in [2.24, 2.45) is 5.41 Å². The Hall–Kier alpha value is -2.79. The Labute approximate surface area is 196 Å². The minimum atomic E-state index is -4.75. The van der Waals surface area contributed by atoms with Crippen LogP contribution in [0, 0.1) is 5.41 Å². The Bertz CT molecular complexity index is 1090. The Morgan fingerprint density at radius 3 is 2.34 bits per heavy atom. The van der Waals surface area contributed by atoms with Gasteiger partial charge in [-0.2, -0.15) is 26.3 Å². The number of carboxylic acids is 1. The predicted octanol–water partition coefficient (Wildman–Crippen LogP) is 5.28. The van der Waals surface area contributed by atoms with Crippen molar-refractivity contribution in [1.82, 2.24) is 4.90 Å². The minimum absolute atomic E-state index is 0.148. The van der Waals surface area contributed by atoms with Crippen LogP contribution in [0.2, 0.25) is 0 Å². The van der Waals surface area contributed by atoms with Gasteiger partial charge >= 0.3 is 18.3 Å².